The summed E-state index contributed by atoms with van der Waals surface area (Å²) in [5.74, 6) is 0. The second kappa shape index (κ2) is 22.0. The van der Waals surface area contributed by atoms with Gasteiger partial charge < -0.3 is 9.84 Å². The van der Waals surface area contributed by atoms with E-state index in [0.717, 1.165) is 0 Å². The average molecular weight is 357 g/mol. The highest BCUT2D eigenvalue weighted by Gasteiger charge is 2.08. The molecule has 0 aromatic carbocycles. The van der Waals surface area contributed by atoms with Crippen LogP contribution in [0.25, 0.3) is 0 Å². The summed E-state index contributed by atoms with van der Waals surface area (Å²) >= 11 is 0. The van der Waals surface area contributed by atoms with E-state index in [2.05, 4.69) is 13.8 Å². The fourth-order valence-electron chi connectivity index (χ4n) is 3.54. The van der Waals surface area contributed by atoms with Crippen LogP contribution in [0.2, 0.25) is 0 Å². The van der Waals surface area contributed by atoms with Crippen molar-refractivity contribution in [1.29, 1.82) is 0 Å². The van der Waals surface area contributed by atoms with Gasteiger partial charge in [0, 0.05) is 0 Å². The van der Waals surface area contributed by atoms with Gasteiger partial charge in [0.1, 0.15) is 0 Å². The summed E-state index contributed by atoms with van der Waals surface area (Å²) in [7, 11) is 0. The molecule has 0 fully saturated rings. The number of hydrogen-bond acceptors (Lipinski definition) is 2. The van der Waals surface area contributed by atoms with Gasteiger partial charge in [-0.1, -0.05) is 117 Å². The first-order valence-corrected chi connectivity index (χ1v) is 11.6. The molecule has 2 heteroatoms. The minimum absolute atomic E-state index is 0.157. The third kappa shape index (κ3) is 20.1. The Morgan fingerprint density at radius 1 is 0.560 bits per heavy atom. The number of aliphatic hydroxyl groups is 1. The SMILES string of the molecule is CCCCCCCCCCCCCCC(CCCCCC)OCCO. The molecule has 0 aliphatic carbocycles. The van der Waals surface area contributed by atoms with E-state index in [-0.39, 0.29) is 6.61 Å². The second-order valence-corrected chi connectivity index (χ2v) is 7.74. The molecule has 2 nitrogen and oxygen atoms in total. The first-order valence-electron chi connectivity index (χ1n) is 11.6. The molecule has 0 bridgehead atoms. The highest BCUT2D eigenvalue weighted by molar-refractivity contribution is 4.60. The van der Waals surface area contributed by atoms with Crippen molar-refractivity contribution in [2.45, 2.75) is 136 Å². The lowest BCUT2D eigenvalue weighted by Crippen LogP contribution is -2.15. The Morgan fingerprint density at radius 3 is 1.32 bits per heavy atom. The van der Waals surface area contributed by atoms with E-state index < -0.39 is 0 Å². The van der Waals surface area contributed by atoms with Crippen LogP contribution in [0.1, 0.15) is 129 Å². The second-order valence-electron chi connectivity index (χ2n) is 7.74. The highest BCUT2D eigenvalue weighted by Crippen LogP contribution is 2.17. The van der Waals surface area contributed by atoms with Crippen LogP contribution in [0, 0.1) is 0 Å². The number of rotatable bonds is 21. The zero-order valence-corrected chi connectivity index (χ0v) is 17.6. The van der Waals surface area contributed by atoms with E-state index in [4.69, 9.17) is 9.84 Å². The molecule has 0 aromatic heterocycles. The Balaban J connectivity index is 3.41. The molecule has 0 rings (SSSR count). The standard InChI is InChI=1S/C23H48O2/c1-3-5-7-9-10-11-12-13-14-15-16-18-20-23(25-22-21-24)19-17-8-6-4-2/h23-24H,3-22H2,1-2H3. The van der Waals surface area contributed by atoms with Gasteiger partial charge in [0.15, 0.2) is 0 Å². The van der Waals surface area contributed by atoms with Gasteiger partial charge in [-0.05, 0) is 12.8 Å². The quantitative estimate of drug-likeness (QED) is 0.217. The van der Waals surface area contributed by atoms with Crippen LogP contribution >= 0.6 is 0 Å². The van der Waals surface area contributed by atoms with Crippen LogP contribution in [-0.2, 0) is 4.74 Å². The zero-order chi connectivity index (χ0) is 18.4. The van der Waals surface area contributed by atoms with Crippen molar-refractivity contribution in [1.82, 2.24) is 0 Å². The van der Waals surface area contributed by atoms with E-state index >= 15 is 0 Å². The van der Waals surface area contributed by atoms with Gasteiger partial charge in [-0.2, -0.15) is 0 Å². The Labute approximate surface area is 159 Å². The number of aliphatic hydroxyl groups excluding tert-OH is 1. The van der Waals surface area contributed by atoms with Gasteiger partial charge in [0.2, 0.25) is 0 Å². The summed E-state index contributed by atoms with van der Waals surface area (Å²) in [6.45, 7) is 5.21. The normalized spacial score (nSPS) is 12.6. The maximum absolute atomic E-state index is 8.97. The van der Waals surface area contributed by atoms with Crippen molar-refractivity contribution in [3.63, 3.8) is 0 Å². The van der Waals surface area contributed by atoms with Gasteiger partial charge >= 0.3 is 0 Å². The molecule has 0 saturated heterocycles. The lowest BCUT2D eigenvalue weighted by Gasteiger charge is -2.17. The maximum Gasteiger partial charge on any atom is 0.0701 e. The molecule has 0 saturated carbocycles. The summed E-state index contributed by atoms with van der Waals surface area (Å²) in [5.41, 5.74) is 0. The topological polar surface area (TPSA) is 29.5 Å². The van der Waals surface area contributed by atoms with Gasteiger partial charge in [-0.25, -0.2) is 0 Å². The summed E-state index contributed by atoms with van der Waals surface area (Å²) in [6, 6.07) is 0. The predicted molar refractivity (Wildman–Crippen MR) is 111 cm³/mol. The highest BCUT2D eigenvalue weighted by atomic mass is 16.5. The van der Waals surface area contributed by atoms with Gasteiger partial charge in [0.05, 0.1) is 19.3 Å². The molecule has 1 atom stereocenters. The third-order valence-electron chi connectivity index (χ3n) is 5.20. The van der Waals surface area contributed by atoms with Gasteiger partial charge in [0.25, 0.3) is 0 Å². The first-order chi connectivity index (χ1) is 12.3. The zero-order valence-electron chi connectivity index (χ0n) is 17.6. The van der Waals surface area contributed by atoms with Crippen LogP contribution in [0.15, 0.2) is 0 Å². The van der Waals surface area contributed by atoms with Crippen molar-refractivity contribution in [3.05, 3.63) is 0 Å². The molecular formula is C23H48O2. The van der Waals surface area contributed by atoms with Crippen molar-refractivity contribution in [2.75, 3.05) is 13.2 Å². The van der Waals surface area contributed by atoms with Gasteiger partial charge in [-0.15, -0.1) is 0 Å². The Morgan fingerprint density at radius 2 is 0.920 bits per heavy atom. The van der Waals surface area contributed by atoms with Gasteiger partial charge in [-0.3, -0.25) is 0 Å². The first kappa shape index (κ1) is 24.9. The number of hydrogen-bond donors (Lipinski definition) is 1. The molecular weight excluding hydrogens is 308 g/mol. The van der Waals surface area contributed by atoms with E-state index in [9.17, 15) is 0 Å². The molecule has 0 heterocycles. The molecule has 0 aromatic rings. The fraction of sp³-hybridized carbons (Fsp3) is 1.00. The fourth-order valence-corrected chi connectivity index (χ4v) is 3.54. The minimum Gasteiger partial charge on any atom is -0.394 e. The monoisotopic (exact) mass is 356 g/mol. The van der Waals surface area contributed by atoms with Crippen LogP contribution < -0.4 is 0 Å². The molecule has 0 radical (unpaired) electrons. The average Bonchev–Trinajstić information content (AvgIpc) is 2.63. The molecule has 1 N–H and O–H groups in total. The van der Waals surface area contributed by atoms with Crippen molar-refractivity contribution >= 4 is 0 Å². The van der Waals surface area contributed by atoms with E-state index in [1.165, 1.54) is 116 Å². The molecule has 152 valence electrons. The van der Waals surface area contributed by atoms with Crippen molar-refractivity contribution in [3.8, 4) is 0 Å². The van der Waals surface area contributed by atoms with Crippen molar-refractivity contribution < 1.29 is 9.84 Å². The largest absolute Gasteiger partial charge is 0.394 e. The Bertz CT molecular complexity index is 230. The maximum atomic E-state index is 8.97. The molecule has 25 heavy (non-hydrogen) atoms. The smallest absolute Gasteiger partial charge is 0.0701 e. The summed E-state index contributed by atoms with van der Waals surface area (Å²) in [4.78, 5) is 0. The lowest BCUT2D eigenvalue weighted by molar-refractivity contribution is 0.0167. The minimum atomic E-state index is 0.157. The van der Waals surface area contributed by atoms with Crippen LogP contribution in [0.5, 0.6) is 0 Å². The van der Waals surface area contributed by atoms with Crippen molar-refractivity contribution in [2.24, 2.45) is 0 Å². The number of ether oxygens (including phenoxy) is 1. The lowest BCUT2D eigenvalue weighted by atomic mass is 10.0. The molecule has 1 unspecified atom stereocenters. The van der Waals surface area contributed by atoms with Crippen LogP contribution in [0.3, 0.4) is 0 Å². The van der Waals surface area contributed by atoms with Crippen LogP contribution in [-0.4, -0.2) is 24.4 Å². The third-order valence-corrected chi connectivity index (χ3v) is 5.20. The molecule has 0 aliphatic heterocycles. The predicted octanol–water partition coefficient (Wildman–Crippen LogP) is 7.43. The van der Waals surface area contributed by atoms with E-state index in [0.29, 0.717) is 12.7 Å². The Kier molecular flexibility index (Phi) is 21.9. The number of unbranched alkanes of at least 4 members (excludes halogenated alkanes) is 14. The molecule has 0 spiro atoms. The summed E-state index contributed by atoms with van der Waals surface area (Å²) in [6.07, 6.45) is 24.8. The molecule has 0 aliphatic rings. The Hall–Kier alpha value is -0.0800. The summed E-state index contributed by atoms with van der Waals surface area (Å²) < 4.78 is 5.82. The molecule has 0 amide bonds. The summed E-state index contributed by atoms with van der Waals surface area (Å²) in [5, 5.41) is 8.97. The van der Waals surface area contributed by atoms with E-state index in [1.807, 2.05) is 0 Å². The van der Waals surface area contributed by atoms with E-state index in [1.54, 1.807) is 0 Å². The van der Waals surface area contributed by atoms with Crippen LogP contribution in [0.4, 0.5) is 0 Å².